The lowest BCUT2D eigenvalue weighted by Crippen LogP contribution is -2.29. The fraction of sp³-hybridized carbons (Fsp3) is 0.0667. The molecule has 0 aromatic heterocycles. The molecule has 0 saturated carbocycles. The number of benzene rings is 2. The SMILES string of the molecule is Cc1cc(Br)ccc1NC(=O)C(=O)Nc1ccccc1Br. The lowest BCUT2D eigenvalue weighted by molar-refractivity contribution is -0.133. The summed E-state index contributed by atoms with van der Waals surface area (Å²) in [5.74, 6) is -1.43. The second-order valence-electron chi connectivity index (χ2n) is 4.35. The van der Waals surface area contributed by atoms with Crippen LogP contribution in [-0.4, -0.2) is 11.8 Å². The van der Waals surface area contributed by atoms with Crippen LogP contribution in [0.1, 0.15) is 5.56 Å². The third-order valence-electron chi connectivity index (χ3n) is 2.76. The van der Waals surface area contributed by atoms with Gasteiger partial charge in [0.15, 0.2) is 0 Å². The normalized spacial score (nSPS) is 10.0. The summed E-state index contributed by atoms with van der Waals surface area (Å²) in [5.41, 5.74) is 2.02. The Labute approximate surface area is 139 Å². The minimum absolute atomic E-state index is 0.546. The predicted octanol–water partition coefficient (Wildman–Crippen LogP) is 4.10. The number of hydrogen-bond donors (Lipinski definition) is 2. The lowest BCUT2D eigenvalue weighted by Gasteiger charge is -2.10. The van der Waals surface area contributed by atoms with Gasteiger partial charge in [-0.2, -0.15) is 0 Å². The van der Waals surface area contributed by atoms with Crippen molar-refractivity contribution in [1.29, 1.82) is 0 Å². The summed E-state index contributed by atoms with van der Waals surface area (Å²) in [4.78, 5) is 23.8. The van der Waals surface area contributed by atoms with Crippen LogP contribution in [0, 0.1) is 6.92 Å². The molecular formula is C15H12Br2N2O2. The fourth-order valence-electron chi connectivity index (χ4n) is 1.69. The molecule has 0 radical (unpaired) electrons. The Morgan fingerprint density at radius 1 is 0.905 bits per heavy atom. The minimum Gasteiger partial charge on any atom is -0.318 e. The molecule has 0 unspecified atom stereocenters. The van der Waals surface area contributed by atoms with E-state index in [0.29, 0.717) is 15.8 Å². The maximum atomic E-state index is 11.9. The highest BCUT2D eigenvalue weighted by Crippen LogP contribution is 2.22. The summed E-state index contributed by atoms with van der Waals surface area (Å²) in [5, 5.41) is 5.14. The van der Waals surface area contributed by atoms with Crippen molar-refractivity contribution < 1.29 is 9.59 Å². The first-order valence-corrected chi connectivity index (χ1v) is 7.69. The maximum Gasteiger partial charge on any atom is 0.314 e. The number of nitrogens with one attached hydrogen (secondary N) is 2. The quantitative estimate of drug-likeness (QED) is 0.731. The zero-order valence-electron chi connectivity index (χ0n) is 11.1. The van der Waals surface area contributed by atoms with Gasteiger partial charge in [0.1, 0.15) is 0 Å². The number of hydrogen-bond acceptors (Lipinski definition) is 2. The van der Waals surface area contributed by atoms with E-state index in [4.69, 9.17) is 0 Å². The van der Waals surface area contributed by atoms with Crippen LogP contribution in [0.4, 0.5) is 11.4 Å². The highest BCUT2D eigenvalue weighted by atomic mass is 79.9. The van der Waals surface area contributed by atoms with Crippen molar-refractivity contribution in [3.8, 4) is 0 Å². The van der Waals surface area contributed by atoms with Crippen LogP contribution in [0.3, 0.4) is 0 Å². The molecule has 2 N–H and O–H groups in total. The Kier molecular flexibility index (Phi) is 5.14. The average molecular weight is 412 g/mol. The highest BCUT2D eigenvalue weighted by molar-refractivity contribution is 9.10. The van der Waals surface area contributed by atoms with Gasteiger partial charge in [0.2, 0.25) is 0 Å². The van der Waals surface area contributed by atoms with Gasteiger partial charge in [-0.15, -0.1) is 0 Å². The van der Waals surface area contributed by atoms with E-state index >= 15 is 0 Å². The topological polar surface area (TPSA) is 58.2 Å². The van der Waals surface area contributed by atoms with Crippen LogP contribution in [0.2, 0.25) is 0 Å². The van der Waals surface area contributed by atoms with Crippen molar-refractivity contribution in [1.82, 2.24) is 0 Å². The number of amides is 2. The molecule has 6 heteroatoms. The molecule has 2 rings (SSSR count). The van der Waals surface area contributed by atoms with Gasteiger partial charge < -0.3 is 10.6 Å². The van der Waals surface area contributed by atoms with E-state index in [1.165, 1.54) is 0 Å². The van der Waals surface area contributed by atoms with Crippen LogP contribution in [-0.2, 0) is 9.59 Å². The van der Waals surface area contributed by atoms with Crippen molar-refractivity contribution in [2.45, 2.75) is 6.92 Å². The number of anilines is 2. The van der Waals surface area contributed by atoms with E-state index in [9.17, 15) is 9.59 Å². The van der Waals surface area contributed by atoms with Gasteiger partial charge in [-0.25, -0.2) is 0 Å². The minimum atomic E-state index is -0.718. The smallest absolute Gasteiger partial charge is 0.314 e. The van der Waals surface area contributed by atoms with Gasteiger partial charge in [-0.1, -0.05) is 28.1 Å². The molecular weight excluding hydrogens is 400 g/mol. The summed E-state index contributed by atoms with van der Waals surface area (Å²) in [7, 11) is 0. The Morgan fingerprint density at radius 3 is 2.14 bits per heavy atom. The molecule has 0 heterocycles. The molecule has 2 aromatic rings. The molecule has 0 atom stereocenters. The molecule has 4 nitrogen and oxygen atoms in total. The number of rotatable bonds is 2. The second kappa shape index (κ2) is 6.87. The number of aryl methyl sites for hydroxylation is 1. The first-order valence-electron chi connectivity index (χ1n) is 6.10. The van der Waals surface area contributed by atoms with E-state index in [-0.39, 0.29) is 0 Å². The summed E-state index contributed by atoms with van der Waals surface area (Å²) in [6.07, 6.45) is 0. The summed E-state index contributed by atoms with van der Waals surface area (Å²) < 4.78 is 1.63. The van der Waals surface area contributed by atoms with Crippen LogP contribution in [0.5, 0.6) is 0 Å². The van der Waals surface area contributed by atoms with Gasteiger partial charge in [0, 0.05) is 14.6 Å². The van der Waals surface area contributed by atoms with Gasteiger partial charge in [0.25, 0.3) is 0 Å². The van der Waals surface area contributed by atoms with Crippen molar-refractivity contribution in [2.24, 2.45) is 0 Å². The average Bonchev–Trinajstić information content (AvgIpc) is 2.44. The van der Waals surface area contributed by atoms with E-state index in [0.717, 1.165) is 10.0 Å². The van der Waals surface area contributed by atoms with Gasteiger partial charge in [0.05, 0.1) is 5.69 Å². The van der Waals surface area contributed by atoms with Gasteiger partial charge >= 0.3 is 11.8 Å². The number of para-hydroxylation sites is 1. The van der Waals surface area contributed by atoms with Crippen molar-refractivity contribution >= 4 is 55.0 Å². The van der Waals surface area contributed by atoms with E-state index < -0.39 is 11.8 Å². The largest absolute Gasteiger partial charge is 0.318 e. The first-order chi connectivity index (χ1) is 9.97. The van der Waals surface area contributed by atoms with E-state index in [1.807, 2.05) is 19.1 Å². The molecule has 2 aromatic carbocycles. The van der Waals surface area contributed by atoms with Crippen molar-refractivity contribution in [3.63, 3.8) is 0 Å². The third-order valence-corrected chi connectivity index (χ3v) is 3.95. The third kappa shape index (κ3) is 4.15. The van der Waals surface area contributed by atoms with Gasteiger partial charge in [-0.05, 0) is 58.7 Å². The number of halogens is 2. The number of carbonyl (C=O) groups is 2. The zero-order valence-corrected chi connectivity index (χ0v) is 14.3. The standard InChI is InChI=1S/C15H12Br2N2O2/c1-9-8-10(16)6-7-12(9)18-14(20)15(21)19-13-5-3-2-4-11(13)17/h2-8H,1H3,(H,18,20)(H,19,21). The lowest BCUT2D eigenvalue weighted by atomic mass is 10.2. The first kappa shape index (κ1) is 15.7. The summed E-state index contributed by atoms with van der Waals surface area (Å²) in [6, 6.07) is 12.5. The molecule has 0 saturated heterocycles. The van der Waals surface area contributed by atoms with E-state index in [1.54, 1.807) is 30.3 Å². The molecule has 2 amide bonds. The molecule has 0 fully saturated rings. The van der Waals surface area contributed by atoms with Crippen molar-refractivity contribution in [2.75, 3.05) is 10.6 Å². The fourth-order valence-corrected chi connectivity index (χ4v) is 2.55. The molecule has 0 aliphatic rings. The molecule has 108 valence electrons. The molecule has 0 bridgehead atoms. The maximum absolute atomic E-state index is 11.9. The van der Waals surface area contributed by atoms with Crippen LogP contribution in [0.25, 0.3) is 0 Å². The Bertz CT molecular complexity index is 702. The zero-order chi connectivity index (χ0) is 15.4. The predicted molar refractivity (Wildman–Crippen MR) is 90.3 cm³/mol. The molecule has 21 heavy (non-hydrogen) atoms. The summed E-state index contributed by atoms with van der Waals surface area (Å²) in [6.45, 7) is 1.85. The van der Waals surface area contributed by atoms with Crippen molar-refractivity contribution in [3.05, 3.63) is 57.0 Å². The van der Waals surface area contributed by atoms with Gasteiger partial charge in [-0.3, -0.25) is 9.59 Å². The van der Waals surface area contributed by atoms with Crippen LogP contribution in [0.15, 0.2) is 51.4 Å². The Balaban J connectivity index is 2.06. The molecule has 0 spiro atoms. The van der Waals surface area contributed by atoms with E-state index in [2.05, 4.69) is 42.5 Å². The Hall–Kier alpha value is -1.66. The van der Waals surface area contributed by atoms with Crippen LogP contribution >= 0.6 is 31.9 Å². The number of carbonyl (C=O) groups excluding carboxylic acids is 2. The summed E-state index contributed by atoms with van der Waals surface area (Å²) >= 11 is 6.66. The Morgan fingerprint density at radius 2 is 1.52 bits per heavy atom. The monoisotopic (exact) mass is 410 g/mol. The second-order valence-corrected chi connectivity index (χ2v) is 6.12. The molecule has 0 aliphatic heterocycles. The molecule has 0 aliphatic carbocycles. The van der Waals surface area contributed by atoms with Crippen LogP contribution < -0.4 is 10.6 Å². The highest BCUT2D eigenvalue weighted by Gasteiger charge is 2.15.